The molecule has 3 rings (SSSR count). The number of rotatable bonds is 5. The van der Waals surface area contributed by atoms with Crippen LogP contribution in [0.4, 0.5) is 16.3 Å². The van der Waals surface area contributed by atoms with E-state index >= 15 is 0 Å². The molecule has 0 aliphatic carbocycles. The van der Waals surface area contributed by atoms with Crippen LogP contribution in [0.25, 0.3) is 0 Å². The third kappa shape index (κ3) is 4.82. The Hall–Kier alpha value is -3.16. The molecule has 0 bridgehead atoms. The lowest BCUT2D eigenvalue weighted by Gasteiger charge is -2.34. The second kappa shape index (κ2) is 9.36. The van der Waals surface area contributed by atoms with Crippen molar-refractivity contribution >= 4 is 23.5 Å². The molecule has 0 saturated carbocycles. The summed E-state index contributed by atoms with van der Waals surface area (Å²) in [4.78, 5) is 36.8. The van der Waals surface area contributed by atoms with Crippen molar-refractivity contribution in [3.05, 3.63) is 47.4 Å². The van der Waals surface area contributed by atoms with Crippen LogP contribution in [0, 0.1) is 6.92 Å². The van der Waals surface area contributed by atoms with Crippen LogP contribution in [0.3, 0.4) is 0 Å². The Labute approximate surface area is 170 Å². The van der Waals surface area contributed by atoms with E-state index in [1.165, 1.54) is 6.20 Å². The Bertz CT molecular complexity index is 861. The van der Waals surface area contributed by atoms with Crippen LogP contribution in [0.2, 0.25) is 0 Å². The number of aryl methyl sites for hydroxylation is 2. The number of ether oxygens (including phenoxy) is 1. The molecule has 2 aromatic rings. The predicted octanol–water partition coefficient (Wildman–Crippen LogP) is 2.88. The number of nitrogens with one attached hydrogen (secondary N) is 1. The summed E-state index contributed by atoms with van der Waals surface area (Å²) in [6.07, 6.45) is 3.65. The van der Waals surface area contributed by atoms with Crippen molar-refractivity contribution in [2.45, 2.75) is 27.2 Å². The zero-order valence-electron chi connectivity index (χ0n) is 17.1. The average molecular weight is 397 g/mol. The third-order valence-electron chi connectivity index (χ3n) is 4.98. The Balaban J connectivity index is 1.62. The number of hydrogen-bond donors (Lipinski definition) is 1. The number of aromatic nitrogens is 2. The highest BCUT2D eigenvalue weighted by Gasteiger charge is 2.23. The minimum atomic E-state index is -0.284. The smallest absolute Gasteiger partial charge is 0.409 e. The second-order valence-electron chi connectivity index (χ2n) is 6.85. The maximum atomic E-state index is 12.6. The van der Waals surface area contributed by atoms with Crippen molar-refractivity contribution in [3.8, 4) is 0 Å². The Morgan fingerprint density at radius 1 is 1.10 bits per heavy atom. The summed E-state index contributed by atoms with van der Waals surface area (Å²) in [5.41, 5.74) is 3.20. The standard InChI is InChI=1S/C21H27N5O3/c1-4-16-8-6-7-15(3)19(16)24-20(27)17-13-23-18(14-22-17)25-9-11-26(12-10-25)21(28)29-5-2/h6-8,13-14H,4-5,9-12H2,1-3H3,(H,24,27). The van der Waals surface area contributed by atoms with Gasteiger partial charge in [0.1, 0.15) is 11.5 Å². The fourth-order valence-electron chi connectivity index (χ4n) is 3.31. The number of carbonyl (C=O) groups excluding carboxylic acids is 2. The van der Waals surface area contributed by atoms with Gasteiger partial charge in [0.15, 0.2) is 0 Å². The molecule has 1 aliphatic heterocycles. The molecule has 1 saturated heterocycles. The summed E-state index contributed by atoms with van der Waals surface area (Å²) >= 11 is 0. The molecule has 1 fully saturated rings. The van der Waals surface area contributed by atoms with Crippen molar-refractivity contribution in [1.29, 1.82) is 0 Å². The van der Waals surface area contributed by atoms with Crippen LogP contribution in [0.15, 0.2) is 30.6 Å². The molecular weight excluding hydrogens is 370 g/mol. The van der Waals surface area contributed by atoms with E-state index in [4.69, 9.17) is 4.74 Å². The van der Waals surface area contributed by atoms with E-state index in [-0.39, 0.29) is 17.7 Å². The zero-order valence-corrected chi connectivity index (χ0v) is 17.1. The molecule has 0 atom stereocenters. The lowest BCUT2D eigenvalue weighted by Crippen LogP contribution is -2.49. The van der Waals surface area contributed by atoms with Gasteiger partial charge >= 0.3 is 6.09 Å². The van der Waals surface area contributed by atoms with Crippen molar-refractivity contribution in [1.82, 2.24) is 14.9 Å². The summed E-state index contributed by atoms with van der Waals surface area (Å²) < 4.78 is 5.03. The molecule has 2 amide bonds. The van der Waals surface area contributed by atoms with Gasteiger partial charge in [-0.1, -0.05) is 25.1 Å². The highest BCUT2D eigenvalue weighted by atomic mass is 16.6. The first-order valence-electron chi connectivity index (χ1n) is 9.92. The van der Waals surface area contributed by atoms with Gasteiger partial charge in [0, 0.05) is 31.9 Å². The molecule has 1 aliphatic rings. The molecular formula is C21H27N5O3. The first-order valence-corrected chi connectivity index (χ1v) is 9.92. The lowest BCUT2D eigenvalue weighted by atomic mass is 10.1. The highest BCUT2D eigenvalue weighted by molar-refractivity contribution is 6.03. The van der Waals surface area contributed by atoms with E-state index in [1.54, 1.807) is 18.0 Å². The number of piperazine rings is 1. The van der Waals surface area contributed by atoms with Gasteiger partial charge in [0.25, 0.3) is 5.91 Å². The highest BCUT2D eigenvalue weighted by Crippen LogP contribution is 2.22. The molecule has 0 radical (unpaired) electrons. The van der Waals surface area contributed by atoms with E-state index in [9.17, 15) is 9.59 Å². The van der Waals surface area contributed by atoms with Crippen LogP contribution >= 0.6 is 0 Å². The Kier molecular flexibility index (Phi) is 6.64. The molecule has 0 unspecified atom stereocenters. The van der Waals surface area contributed by atoms with E-state index in [0.29, 0.717) is 38.6 Å². The second-order valence-corrected chi connectivity index (χ2v) is 6.85. The number of benzene rings is 1. The molecule has 154 valence electrons. The van der Waals surface area contributed by atoms with Crippen LogP contribution in [-0.4, -0.2) is 59.7 Å². The van der Waals surface area contributed by atoms with Crippen LogP contribution in [0.5, 0.6) is 0 Å². The zero-order chi connectivity index (χ0) is 20.8. The largest absolute Gasteiger partial charge is 0.450 e. The maximum Gasteiger partial charge on any atom is 0.409 e. The van der Waals surface area contributed by atoms with Crippen LogP contribution in [0.1, 0.15) is 35.5 Å². The summed E-state index contributed by atoms with van der Waals surface area (Å²) in [5, 5.41) is 2.96. The third-order valence-corrected chi connectivity index (χ3v) is 4.98. The number of carbonyl (C=O) groups is 2. The minimum Gasteiger partial charge on any atom is -0.450 e. The summed E-state index contributed by atoms with van der Waals surface area (Å²) in [6.45, 7) is 8.61. The Morgan fingerprint density at radius 2 is 1.86 bits per heavy atom. The maximum absolute atomic E-state index is 12.6. The van der Waals surface area contributed by atoms with Gasteiger partial charge in [-0.2, -0.15) is 0 Å². The van der Waals surface area contributed by atoms with Crippen LogP contribution < -0.4 is 10.2 Å². The van der Waals surface area contributed by atoms with Gasteiger partial charge in [-0.3, -0.25) is 4.79 Å². The lowest BCUT2D eigenvalue weighted by molar-refractivity contribution is 0.101. The topological polar surface area (TPSA) is 87.7 Å². The molecule has 0 spiro atoms. The minimum absolute atomic E-state index is 0.268. The SMILES string of the molecule is CCOC(=O)N1CCN(c2cnc(C(=O)Nc3c(C)cccc3CC)cn2)CC1. The fourth-order valence-corrected chi connectivity index (χ4v) is 3.31. The predicted molar refractivity (Wildman–Crippen MR) is 111 cm³/mol. The number of amides is 2. The van der Waals surface area contributed by atoms with E-state index in [1.807, 2.05) is 30.0 Å². The number of para-hydroxylation sites is 1. The molecule has 1 aromatic heterocycles. The van der Waals surface area contributed by atoms with Crippen molar-refractivity contribution in [2.24, 2.45) is 0 Å². The molecule has 8 heteroatoms. The number of hydrogen-bond acceptors (Lipinski definition) is 6. The van der Waals surface area contributed by atoms with Crippen molar-refractivity contribution in [3.63, 3.8) is 0 Å². The normalized spacial score (nSPS) is 13.9. The van der Waals surface area contributed by atoms with Crippen LogP contribution in [-0.2, 0) is 11.2 Å². The van der Waals surface area contributed by atoms with Crippen molar-refractivity contribution in [2.75, 3.05) is 43.0 Å². The quantitative estimate of drug-likeness (QED) is 0.835. The van der Waals surface area contributed by atoms with E-state index < -0.39 is 0 Å². The molecule has 29 heavy (non-hydrogen) atoms. The van der Waals surface area contributed by atoms with E-state index in [2.05, 4.69) is 22.2 Å². The average Bonchev–Trinajstić information content (AvgIpc) is 2.75. The molecule has 8 nitrogen and oxygen atoms in total. The number of nitrogens with zero attached hydrogens (tertiary/aromatic N) is 4. The molecule has 1 aromatic carbocycles. The van der Waals surface area contributed by atoms with E-state index in [0.717, 1.165) is 23.2 Å². The molecule has 2 heterocycles. The monoisotopic (exact) mass is 397 g/mol. The fraction of sp³-hybridized carbons (Fsp3) is 0.429. The Morgan fingerprint density at radius 3 is 2.48 bits per heavy atom. The van der Waals surface area contributed by atoms with Crippen molar-refractivity contribution < 1.29 is 14.3 Å². The van der Waals surface area contributed by atoms with Gasteiger partial charge in [-0.25, -0.2) is 14.8 Å². The summed E-state index contributed by atoms with van der Waals surface area (Å²) in [6, 6.07) is 5.97. The molecule has 1 N–H and O–H groups in total. The van der Waals surface area contributed by atoms with Gasteiger partial charge < -0.3 is 19.9 Å². The van der Waals surface area contributed by atoms with Gasteiger partial charge in [-0.15, -0.1) is 0 Å². The number of anilines is 2. The first kappa shape index (κ1) is 20.6. The van der Waals surface area contributed by atoms with Gasteiger partial charge in [-0.05, 0) is 31.4 Å². The first-order chi connectivity index (χ1) is 14.0. The summed E-state index contributed by atoms with van der Waals surface area (Å²) in [7, 11) is 0. The summed E-state index contributed by atoms with van der Waals surface area (Å²) in [5.74, 6) is 0.412. The van der Waals surface area contributed by atoms with Gasteiger partial charge in [0.2, 0.25) is 0 Å². The van der Waals surface area contributed by atoms with Gasteiger partial charge in [0.05, 0.1) is 19.0 Å².